The number of ketones is 2. The Balaban J connectivity index is 1.72. The first-order valence-electron chi connectivity index (χ1n) is 7.01. The van der Waals surface area contributed by atoms with E-state index in [1.807, 2.05) is 30.3 Å². The highest BCUT2D eigenvalue weighted by Gasteiger charge is 2.12. The molecule has 0 saturated heterocycles. The molecule has 2 rings (SSSR count). The van der Waals surface area contributed by atoms with Gasteiger partial charge in [-0.05, 0) is 11.5 Å². The molecule has 0 bridgehead atoms. The van der Waals surface area contributed by atoms with Gasteiger partial charge >= 0.3 is 0 Å². The second-order valence-corrected chi connectivity index (χ2v) is 4.61. The molecular weight excluding hydrogens is 276 g/mol. The lowest BCUT2D eigenvalue weighted by Crippen LogP contribution is -2.11. The molecule has 0 aliphatic carbocycles. The van der Waals surface area contributed by atoms with Gasteiger partial charge in [0.1, 0.15) is 0 Å². The second-order valence-electron chi connectivity index (χ2n) is 4.61. The van der Waals surface area contributed by atoms with Crippen LogP contribution < -0.4 is 0 Å². The Hall–Kier alpha value is -2.70. The number of carbonyl (C=O) groups excluding carboxylic acids is 2. The van der Waals surface area contributed by atoms with E-state index in [1.165, 1.54) is 0 Å². The van der Waals surface area contributed by atoms with Crippen molar-refractivity contribution in [3.05, 3.63) is 71.8 Å². The van der Waals surface area contributed by atoms with Crippen LogP contribution in [-0.4, -0.2) is 18.2 Å². The quantitative estimate of drug-likeness (QED) is 0.270. The Labute approximate surface area is 129 Å². The predicted octanol–water partition coefficient (Wildman–Crippen LogP) is 3.05. The van der Waals surface area contributed by atoms with Crippen molar-refractivity contribution >= 4 is 11.6 Å². The van der Waals surface area contributed by atoms with Crippen LogP contribution in [0.3, 0.4) is 0 Å². The van der Waals surface area contributed by atoms with E-state index in [0.717, 1.165) is 5.56 Å². The smallest absolute Gasteiger partial charge is 0.276 e. The normalized spacial score (nSPS) is 9.64. The average molecular weight is 292 g/mol. The van der Waals surface area contributed by atoms with Crippen LogP contribution >= 0.6 is 0 Å². The van der Waals surface area contributed by atoms with Crippen LogP contribution in [0.4, 0.5) is 0 Å². The minimum absolute atomic E-state index is 0.363. The fraction of sp³-hybridized carbons (Fsp3) is 0.158. The van der Waals surface area contributed by atoms with Crippen molar-refractivity contribution in [2.45, 2.75) is 13.0 Å². The van der Waals surface area contributed by atoms with Crippen LogP contribution in [0.2, 0.25) is 0 Å². The number of ether oxygens (including phenoxy) is 1. The van der Waals surface area contributed by atoms with Crippen molar-refractivity contribution in [2.75, 3.05) is 6.61 Å². The lowest BCUT2D eigenvalue weighted by molar-refractivity contribution is -0.110. The molecule has 3 heteroatoms. The summed E-state index contributed by atoms with van der Waals surface area (Å²) in [6.07, 6.45) is 0.417. The minimum Gasteiger partial charge on any atom is -0.376 e. The molecule has 0 amide bonds. The summed E-state index contributed by atoms with van der Waals surface area (Å²) in [6, 6.07) is 18.2. The van der Waals surface area contributed by atoms with Gasteiger partial charge in [0.2, 0.25) is 5.78 Å². The van der Waals surface area contributed by atoms with Crippen molar-refractivity contribution in [2.24, 2.45) is 0 Å². The molecule has 0 spiro atoms. The van der Waals surface area contributed by atoms with Gasteiger partial charge < -0.3 is 4.74 Å². The highest BCUT2D eigenvalue weighted by atomic mass is 16.5. The first-order chi connectivity index (χ1) is 10.8. The van der Waals surface area contributed by atoms with Crippen LogP contribution in [0.1, 0.15) is 22.3 Å². The van der Waals surface area contributed by atoms with Gasteiger partial charge in [-0.3, -0.25) is 9.59 Å². The zero-order valence-corrected chi connectivity index (χ0v) is 12.1. The fourth-order valence-electron chi connectivity index (χ4n) is 1.81. The number of benzene rings is 2. The van der Waals surface area contributed by atoms with Gasteiger partial charge in [-0.1, -0.05) is 66.6 Å². The zero-order chi connectivity index (χ0) is 15.6. The molecule has 2 aromatic rings. The number of carbonyl (C=O) groups is 2. The summed E-state index contributed by atoms with van der Waals surface area (Å²) in [5, 5.41) is 0. The number of rotatable bonds is 6. The molecule has 0 fully saturated rings. The van der Waals surface area contributed by atoms with E-state index < -0.39 is 11.6 Å². The van der Waals surface area contributed by atoms with Crippen LogP contribution in [0, 0.1) is 11.8 Å². The van der Waals surface area contributed by atoms with Crippen molar-refractivity contribution in [1.29, 1.82) is 0 Å². The monoisotopic (exact) mass is 292 g/mol. The van der Waals surface area contributed by atoms with Gasteiger partial charge in [0.15, 0.2) is 0 Å². The summed E-state index contributed by atoms with van der Waals surface area (Å²) >= 11 is 0. The Morgan fingerprint density at radius 3 is 2.23 bits per heavy atom. The zero-order valence-electron chi connectivity index (χ0n) is 12.1. The molecule has 3 nitrogen and oxygen atoms in total. The van der Waals surface area contributed by atoms with Crippen LogP contribution in [0.25, 0.3) is 0 Å². The molecule has 0 aromatic heterocycles. The molecule has 0 aliphatic heterocycles. The molecule has 110 valence electrons. The van der Waals surface area contributed by atoms with Gasteiger partial charge in [-0.25, -0.2) is 0 Å². The Morgan fingerprint density at radius 1 is 0.909 bits per heavy atom. The maximum absolute atomic E-state index is 11.8. The third-order valence-corrected chi connectivity index (χ3v) is 2.93. The van der Waals surface area contributed by atoms with E-state index in [2.05, 4.69) is 11.8 Å². The van der Waals surface area contributed by atoms with Crippen molar-refractivity contribution in [3.8, 4) is 11.8 Å². The maximum Gasteiger partial charge on any atom is 0.276 e. The van der Waals surface area contributed by atoms with Gasteiger partial charge in [0.25, 0.3) is 5.78 Å². The molecule has 22 heavy (non-hydrogen) atoms. The molecule has 0 heterocycles. The standard InChI is InChI=1S/C19H16O3/c20-18(19(21)17-11-5-2-6-12-17)13-7-8-14-22-15-16-9-3-1-4-10-16/h1-6,9-12H,8,14-15H2. The molecule has 2 aromatic carbocycles. The lowest BCUT2D eigenvalue weighted by atomic mass is 10.1. The molecule has 0 unspecified atom stereocenters. The summed E-state index contributed by atoms with van der Waals surface area (Å²) in [5.74, 6) is 3.78. The number of hydrogen-bond acceptors (Lipinski definition) is 3. The first-order valence-corrected chi connectivity index (χ1v) is 7.01. The topological polar surface area (TPSA) is 43.4 Å². The van der Waals surface area contributed by atoms with Crippen LogP contribution in [0.5, 0.6) is 0 Å². The predicted molar refractivity (Wildman–Crippen MR) is 84.3 cm³/mol. The van der Waals surface area contributed by atoms with E-state index in [0.29, 0.717) is 25.2 Å². The Morgan fingerprint density at radius 2 is 1.55 bits per heavy atom. The van der Waals surface area contributed by atoms with Gasteiger partial charge in [0.05, 0.1) is 13.2 Å². The largest absolute Gasteiger partial charge is 0.376 e. The molecule has 0 radical (unpaired) electrons. The summed E-state index contributed by atoms with van der Waals surface area (Å²) < 4.78 is 5.45. The highest BCUT2D eigenvalue weighted by Crippen LogP contribution is 2.01. The molecular formula is C19H16O3. The summed E-state index contributed by atoms with van der Waals surface area (Å²) in [7, 11) is 0. The molecule has 0 saturated carbocycles. The third-order valence-electron chi connectivity index (χ3n) is 2.93. The second kappa shape index (κ2) is 8.56. The van der Waals surface area contributed by atoms with E-state index in [9.17, 15) is 9.59 Å². The van der Waals surface area contributed by atoms with E-state index >= 15 is 0 Å². The maximum atomic E-state index is 11.8. The van der Waals surface area contributed by atoms with E-state index in [1.54, 1.807) is 30.3 Å². The Bertz CT molecular complexity index is 679. The summed E-state index contributed by atoms with van der Waals surface area (Å²) in [6.45, 7) is 0.939. The van der Waals surface area contributed by atoms with Crippen molar-refractivity contribution < 1.29 is 14.3 Å². The fourth-order valence-corrected chi connectivity index (χ4v) is 1.81. The number of Topliss-reactive ketones (excluding diaryl/α,β-unsaturated/α-hetero) is 2. The first kappa shape index (κ1) is 15.7. The highest BCUT2D eigenvalue weighted by molar-refractivity contribution is 6.49. The molecule has 0 N–H and O–H groups in total. The Kier molecular flexibility index (Phi) is 6.10. The van der Waals surface area contributed by atoms with Gasteiger partial charge in [-0.2, -0.15) is 0 Å². The lowest BCUT2D eigenvalue weighted by Gasteiger charge is -2.01. The third kappa shape index (κ3) is 5.01. The summed E-state index contributed by atoms with van der Waals surface area (Å²) in [5.41, 5.74) is 1.45. The van der Waals surface area contributed by atoms with Gasteiger partial charge in [0, 0.05) is 12.0 Å². The van der Waals surface area contributed by atoms with Crippen molar-refractivity contribution in [1.82, 2.24) is 0 Å². The van der Waals surface area contributed by atoms with Gasteiger partial charge in [-0.15, -0.1) is 0 Å². The van der Waals surface area contributed by atoms with Crippen molar-refractivity contribution in [3.63, 3.8) is 0 Å². The number of hydrogen-bond donors (Lipinski definition) is 0. The van der Waals surface area contributed by atoms with E-state index in [-0.39, 0.29) is 0 Å². The summed E-state index contributed by atoms with van der Waals surface area (Å²) in [4.78, 5) is 23.4. The average Bonchev–Trinajstić information content (AvgIpc) is 2.58. The van der Waals surface area contributed by atoms with E-state index in [4.69, 9.17) is 4.74 Å². The molecule has 0 aliphatic rings. The van der Waals surface area contributed by atoms with Crippen LogP contribution in [-0.2, 0) is 16.1 Å². The SMILES string of the molecule is O=C(C#CCCOCc1ccccc1)C(=O)c1ccccc1. The minimum atomic E-state index is -0.686. The van der Waals surface area contributed by atoms with Crippen LogP contribution in [0.15, 0.2) is 60.7 Å². The molecule has 0 atom stereocenters.